The number of aliphatic hydroxyl groups excluding tert-OH is 1. The van der Waals surface area contributed by atoms with E-state index in [9.17, 15) is 5.11 Å². The number of aliphatic hydroxyl groups is 1. The fourth-order valence-corrected chi connectivity index (χ4v) is 2.71. The predicted molar refractivity (Wildman–Crippen MR) is 88.9 cm³/mol. The highest BCUT2D eigenvalue weighted by molar-refractivity contribution is 6.07. The first-order valence-corrected chi connectivity index (χ1v) is 7.46. The second-order valence-corrected chi connectivity index (χ2v) is 5.28. The molecule has 1 N–H and O–H groups in total. The normalized spacial score (nSPS) is 20.9. The van der Waals surface area contributed by atoms with Crippen LogP contribution in [0.1, 0.15) is 17.2 Å². The Kier molecular flexibility index (Phi) is 4.57. The van der Waals surface area contributed by atoms with Crippen LogP contribution in [-0.4, -0.2) is 38.3 Å². The molecular weight excluding hydrogens is 310 g/mol. The molecule has 2 aromatic rings. The van der Waals surface area contributed by atoms with E-state index in [1.165, 1.54) is 7.11 Å². The molecular formula is C18H19NO5. The second kappa shape index (κ2) is 6.80. The lowest BCUT2D eigenvalue weighted by Gasteiger charge is -2.31. The number of benzene rings is 2. The molecule has 2 atom stereocenters. The Morgan fingerprint density at radius 2 is 1.75 bits per heavy atom. The van der Waals surface area contributed by atoms with Gasteiger partial charge < -0.3 is 24.2 Å². The van der Waals surface area contributed by atoms with Gasteiger partial charge in [-0.1, -0.05) is 17.3 Å². The smallest absolute Gasteiger partial charge is 0.156 e. The van der Waals surface area contributed by atoms with Crippen molar-refractivity contribution in [3.8, 4) is 17.2 Å². The number of nitrogens with zero attached hydrogens (tertiary/aromatic N) is 1. The van der Waals surface area contributed by atoms with Crippen LogP contribution >= 0.6 is 0 Å². The van der Waals surface area contributed by atoms with Crippen LogP contribution in [0.15, 0.2) is 47.6 Å². The lowest BCUT2D eigenvalue weighted by molar-refractivity contribution is 0.0671. The fraction of sp³-hybridized carbons (Fsp3) is 0.278. The summed E-state index contributed by atoms with van der Waals surface area (Å²) in [5.41, 5.74) is 1.82. The quantitative estimate of drug-likeness (QED) is 0.873. The van der Waals surface area contributed by atoms with Crippen molar-refractivity contribution in [2.45, 2.75) is 12.2 Å². The van der Waals surface area contributed by atoms with Crippen molar-refractivity contribution in [2.75, 3.05) is 21.3 Å². The van der Waals surface area contributed by atoms with Crippen LogP contribution in [0.5, 0.6) is 17.2 Å². The van der Waals surface area contributed by atoms with E-state index in [0.29, 0.717) is 28.5 Å². The third-order valence-corrected chi connectivity index (χ3v) is 3.90. The molecule has 0 aliphatic carbocycles. The standard InChI is InChI=1S/C18H19NO5/c1-21-12-6-4-5-11(9-12)18-17(20)16(19-23-3)14-10-13(22-2)7-8-15(14)24-18/h4-10,17-18,20H,1-3H3/t17-,18+/m0/s1. The van der Waals surface area contributed by atoms with Crippen LogP contribution in [0, 0.1) is 0 Å². The van der Waals surface area contributed by atoms with Crippen LogP contribution < -0.4 is 14.2 Å². The van der Waals surface area contributed by atoms with Crippen molar-refractivity contribution in [3.63, 3.8) is 0 Å². The summed E-state index contributed by atoms with van der Waals surface area (Å²) in [6.45, 7) is 0. The molecule has 0 saturated carbocycles. The zero-order valence-electron chi connectivity index (χ0n) is 13.7. The Hall–Kier alpha value is -2.73. The lowest BCUT2D eigenvalue weighted by Crippen LogP contribution is -2.37. The number of hydrogen-bond donors (Lipinski definition) is 1. The molecule has 2 aromatic carbocycles. The Morgan fingerprint density at radius 3 is 2.46 bits per heavy atom. The van der Waals surface area contributed by atoms with Crippen LogP contribution in [0.25, 0.3) is 0 Å². The van der Waals surface area contributed by atoms with Crippen LogP contribution in [0.2, 0.25) is 0 Å². The Bertz CT molecular complexity index is 759. The third-order valence-electron chi connectivity index (χ3n) is 3.90. The minimum absolute atomic E-state index is 0.394. The van der Waals surface area contributed by atoms with Gasteiger partial charge in [-0.25, -0.2) is 0 Å². The molecule has 6 heteroatoms. The van der Waals surface area contributed by atoms with Crippen molar-refractivity contribution >= 4 is 5.71 Å². The summed E-state index contributed by atoms with van der Waals surface area (Å²) < 4.78 is 16.5. The van der Waals surface area contributed by atoms with E-state index in [1.807, 2.05) is 24.3 Å². The number of fused-ring (bicyclic) bond motifs is 1. The fourth-order valence-electron chi connectivity index (χ4n) is 2.71. The summed E-state index contributed by atoms with van der Waals surface area (Å²) in [7, 11) is 4.61. The van der Waals surface area contributed by atoms with Crippen molar-refractivity contribution < 1.29 is 24.2 Å². The van der Waals surface area contributed by atoms with Crippen molar-refractivity contribution in [1.29, 1.82) is 0 Å². The molecule has 1 aliphatic rings. The SMILES string of the molecule is CON=C1c2cc(OC)ccc2O[C@H](c2cccc(OC)c2)[C@H]1O. The molecule has 0 amide bonds. The third kappa shape index (κ3) is 2.88. The van der Waals surface area contributed by atoms with Gasteiger partial charge in [-0.3, -0.25) is 0 Å². The van der Waals surface area contributed by atoms with Crippen LogP contribution in [0.4, 0.5) is 0 Å². The highest BCUT2D eigenvalue weighted by Crippen LogP contribution is 2.38. The van der Waals surface area contributed by atoms with Gasteiger partial charge in [0.05, 0.1) is 14.2 Å². The summed E-state index contributed by atoms with van der Waals surface area (Å²) in [5.74, 6) is 1.94. The highest BCUT2D eigenvalue weighted by Gasteiger charge is 2.36. The van der Waals surface area contributed by atoms with Crippen molar-refractivity contribution in [2.24, 2.45) is 5.16 Å². The largest absolute Gasteiger partial charge is 0.497 e. The molecule has 1 aliphatic heterocycles. The zero-order chi connectivity index (χ0) is 17.1. The zero-order valence-corrected chi connectivity index (χ0v) is 13.7. The van der Waals surface area contributed by atoms with Gasteiger partial charge in [0, 0.05) is 5.56 Å². The molecule has 0 aromatic heterocycles. The summed E-state index contributed by atoms with van der Waals surface area (Å²) >= 11 is 0. The first kappa shape index (κ1) is 16.1. The molecule has 3 rings (SSSR count). The Balaban J connectivity index is 2.06. The molecule has 24 heavy (non-hydrogen) atoms. The average Bonchev–Trinajstić information content (AvgIpc) is 2.63. The van der Waals surface area contributed by atoms with Gasteiger partial charge in [0.25, 0.3) is 0 Å². The van der Waals surface area contributed by atoms with Gasteiger partial charge in [0.15, 0.2) is 6.10 Å². The first-order chi connectivity index (χ1) is 11.7. The maximum absolute atomic E-state index is 10.8. The number of methoxy groups -OCH3 is 2. The molecule has 0 unspecified atom stereocenters. The van der Waals surface area contributed by atoms with Crippen LogP contribution in [0.3, 0.4) is 0 Å². The van der Waals surface area contributed by atoms with E-state index in [1.54, 1.807) is 32.4 Å². The highest BCUT2D eigenvalue weighted by atomic mass is 16.6. The predicted octanol–water partition coefficient (Wildman–Crippen LogP) is 2.55. The minimum atomic E-state index is -0.989. The van der Waals surface area contributed by atoms with E-state index >= 15 is 0 Å². The number of hydrogen-bond acceptors (Lipinski definition) is 6. The topological polar surface area (TPSA) is 69.5 Å². The van der Waals surface area contributed by atoms with E-state index < -0.39 is 12.2 Å². The molecule has 0 bridgehead atoms. The first-order valence-electron chi connectivity index (χ1n) is 7.46. The van der Waals surface area contributed by atoms with Gasteiger partial charge in [-0.2, -0.15) is 0 Å². The van der Waals surface area contributed by atoms with E-state index in [2.05, 4.69) is 5.16 Å². The summed E-state index contributed by atoms with van der Waals surface area (Å²) in [4.78, 5) is 4.92. The number of rotatable bonds is 4. The molecule has 0 radical (unpaired) electrons. The van der Waals surface area contributed by atoms with Crippen molar-refractivity contribution in [1.82, 2.24) is 0 Å². The molecule has 6 nitrogen and oxygen atoms in total. The molecule has 126 valence electrons. The van der Waals surface area contributed by atoms with Gasteiger partial charge in [0.2, 0.25) is 0 Å². The summed E-state index contributed by atoms with van der Waals surface area (Å²) in [5, 5.41) is 14.8. The second-order valence-electron chi connectivity index (χ2n) is 5.28. The molecule has 0 saturated heterocycles. The Morgan fingerprint density at radius 1 is 1.00 bits per heavy atom. The van der Waals surface area contributed by atoms with E-state index in [4.69, 9.17) is 19.0 Å². The number of oxime groups is 1. The molecule has 1 heterocycles. The van der Waals surface area contributed by atoms with Gasteiger partial charge >= 0.3 is 0 Å². The minimum Gasteiger partial charge on any atom is -0.497 e. The summed E-state index contributed by atoms with van der Waals surface area (Å²) in [6.07, 6.45) is -1.61. The molecule has 0 fully saturated rings. The van der Waals surface area contributed by atoms with Crippen molar-refractivity contribution in [3.05, 3.63) is 53.6 Å². The maximum atomic E-state index is 10.8. The van der Waals surface area contributed by atoms with Gasteiger partial charge in [-0.15, -0.1) is 0 Å². The average molecular weight is 329 g/mol. The molecule has 0 spiro atoms. The van der Waals surface area contributed by atoms with Gasteiger partial charge in [-0.05, 0) is 35.9 Å². The van der Waals surface area contributed by atoms with E-state index in [0.717, 1.165) is 5.56 Å². The van der Waals surface area contributed by atoms with E-state index in [-0.39, 0.29) is 0 Å². The monoisotopic (exact) mass is 329 g/mol. The Labute approximate surface area is 140 Å². The maximum Gasteiger partial charge on any atom is 0.156 e. The van der Waals surface area contributed by atoms with Gasteiger partial charge in [0.1, 0.15) is 36.2 Å². The van der Waals surface area contributed by atoms with Crippen LogP contribution in [-0.2, 0) is 4.84 Å². The number of ether oxygens (including phenoxy) is 3. The lowest BCUT2D eigenvalue weighted by atomic mass is 9.92. The summed E-state index contributed by atoms with van der Waals surface area (Å²) in [6, 6.07) is 12.7.